The molecule has 1 fully saturated rings. The standard InChI is InChI=1S/C29H25ClF2N4O3/c1-29(2,32)24(23-12-22(37)11-19(13-33)25(23)31)20-14-36(15-20)26(16-6-8-21(30)9-7-16)17-4-3-5-18(10-17)27-34-35-28(38)39-27/h3-11,20,24,26H,12,14-15H2,1-2H3,(H,35,38)/t24-,26-/m0/s1. The molecule has 7 nitrogen and oxygen atoms in total. The fraction of sp³-hybridized carbons (Fsp3) is 0.310. The Kier molecular flexibility index (Phi) is 7.10. The Balaban J connectivity index is 1.49. The Bertz CT molecular complexity index is 1570. The first-order valence-electron chi connectivity index (χ1n) is 12.4. The van der Waals surface area contributed by atoms with Crippen molar-refractivity contribution >= 4 is 17.4 Å². The quantitative estimate of drug-likeness (QED) is 0.404. The molecule has 0 spiro atoms. The van der Waals surface area contributed by atoms with Gasteiger partial charge >= 0.3 is 5.76 Å². The molecule has 0 bridgehead atoms. The minimum Gasteiger partial charge on any atom is -0.388 e. The van der Waals surface area contributed by atoms with Crippen molar-refractivity contribution in [2.45, 2.75) is 32.0 Å². The summed E-state index contributed by atoms with van der Waals surface area (Å²) in [6, 6.07) is 16.2. The summed E-state index contributed by atoms with van der Waals surface area (Å²) in [7, 11) is 0. The summed E-state index contributed by atoms with van der Waals surface area (Å²) in [4.78, 5) is 25.9. The number of aromatic amines is 1. The maximum atomic E-state index is 15.6. The summed E-state index contributed by atoms with van der Waals surface area (Å²) in [6.07, 6.45) is 0.738. The largest absolute Gasteiger partial charge is 0.434 e. The number of hydrogen-bond acceptors (Lipinski definition) is 6. The van der Waals surface area contributed by atoms with Gasteiger partial charge in [-0.1, -0.05) is 35.9 Å². The number of rotatable bonds is 7. The number of carbonyl (C=O) groups excluding carboxylic acids is 1. The third kappa shape index (κ3) is 5.35. The van der Waals surface area contributed by atoms with Crippen molar-refractivity contribution in [3.8, 4) is 17.5 Å². The molecule has 2 aromatic carbocycles. The van der Waals surface area contributed by atoms with E-state index in [4.69, 9.17) is 16.0 Å². The first-order valence-corrected chi connectivity index (χ1v) is 12.8. The number of likely N-dealkylation sites (tertiary alicyclic amines) is 1. The van der Waals surface area contributed by atoms with E-state index in [9.17, 15) is 14.9 Å². The zero-order valence-corrected chi connectivity index (χ0v) is 22.0. The molecule has 0 amide bonds. The average Bonchev–Trinajstić information content (AvgIpc) is 3.31. The van der Waals surface area contributed by atoms with Crippen molar-refractivity contribution < 1.29 is 18.0 Å². The number of benzene rings is 2. The van der Waals surface area contributed by atoms with Crippen LogP contribution in [-0.4, -0.2) is 39.6 Å². The van der Waals surface area contributed by atoms with Crippen molar-refractivity contribution in [1.29, 1.82) is 5.26 Å². The van der Waals surface area contributed by atoms with Crippen LogP contribution >= 0.6 is 11.6 Å². The van der Waals surface area contributed by atoms with E-state index in [1.165, 1.54) is 13.8 Å². The molecule has 39 heavy (non-hydrogen) atoms. The van der Waals surface area contributed by atoms with Crippen LogP contribution < -0.4 is 5.76 Å². The van der Waals surface area contributed by atoms with Gasteiger partial charge in [-0.05, 0) is 60.7 Å². The Hall–Kier alpha value is -3.87. The highest BCUT2D eigenvalue weighted by molar-refractivity contribution is 6.30. The number of H-pyrrole nitrogens is 1. The number of allylic oxidation sites excluding steroid dienone is 4. The molecule has 5 rings (SSSR count). The van der Waals surface area contributed by atoms with E-state index in [0.717, 1.165) is 17.2 Å². The summed E-state index contributed by atoms with van der Waals surface area (Å²) in [5.41, 5.74) is 0.288. The van der Waals surface area contributed by atoms with Gasteiger partial charge in [0.05, 0.1) is 11.6 Å². The first-order chi connectivity index (χ1) is 18.5. The molecule has 2 aliphatic rings. The Morgan fingerprint density at radius 2 is 1.90 bits per heavy atom. The molecule has 2 heterocycles. The number of aromatic nitrogens is 2. The minimum absolute atomic E-state index is 0.0507. The summed E-state index contributed by atoms with van der Waals surface area (Å²) >= 11 is 6.14. The molecule has 1 aliphatic heterocycles. The van der Waals surface area contributed by atoms with Gasteiger partial charge in [-0.15, -0.1) is 5.10 Å². The Labute approximate surface area is 228 Å². The third-order valence-electron chi connectivity index (χ3n) is 7.27. The van der Waals surface area contributed by atoms with Gasteiger partial charge in [-0.2, -0.15) is 5.26 Å². The van der Waals surface area contributed by atoms with E-state index in [1.807, 2.05) is 30.3 Å². The van der Waals surface area contributed by atoms with Crippen molar-refractivity contribution in [3.05, 3.63) is 98.3 Å². The zero-order chi connectivity index (χ0) is 27.9. The van der Waals surface area contributed by atoms with Crippen molar-refractivity contribution in [2.75, 3.05) is 13.1 Å². The summed E-state index contributed by atoms with van der Waals surface area (Å²) < 4.78 is 36.0. The van der Waals surface area contributed by atoms with Crippen LogP contribution in [0.1, 0.15) is 37.4 Å². The minimum atomic E-state index is -1.82. The molecule has 0 radical (unpaired) electrons. The first kappa shape index (κ1) is 26.7. The van der Waals surface area contributed by atoms with Gasteiger partial charge in [0, 0.05) is 42.1 Å². The number of halogens is 3. The lowest BCUT2D eigenvalue weighted by molar-refractivity contribution is -0.114. The molecule has 0 unspecified atom stereocenters. The maximum Gasteiger partial charge on any atom is 0.434 e. The van der Waals surface area contributed by atoms with Crippen LogP contribution in [0.5, 0.6) is 0 Å². The van der Waals surface area contributed by atoms with Crippen LogP contribution in [0.25, 0.3) is 11.5 Å². The van der Waals surface area contributed by atoms with Gasteiger partial charge in [0.15, 0.2) is 5.78 Å². The molecule has 0 saturated carbocycles. The lowest BCUT2D eigenvalue weighted by atomic mass is 9.69. The van der Waals surface area contributed by atoms with Crippen molar-refractivity contribution in [1.82, 2.24) is 15.1 Å². The second-order valence-electron chi connectivity index (χ2n) is 10.4. The van der Waals surface area contributed by atoms with Crippen molar-refractivity contribution in [3.63, 3.8) is 0 Å². The molecule has 1 N–H and O–H groups in total. The smallest absolute Gasteiger partial charge is 0.388 e. The second kappa shape index (κ2) is 10.4. The highest BCUT2D eigenvalue weighted by Gasteiger charge is 2.47. The van der Waals surface area contributed by atoms with E-state index < -0.39 is 29.0 Å². The van der Waals surface area contributed by atoms with Crippen LogP contribution in [0.2, 0.25) is 5.02 Å². The van der Waals surface area contributed by atoms with E-state index in [1.54, 1.807) is 24.3 Å². The van der Waals surface area contributed by atoms with Gasteiger partial charge in [-0.3, -0.25) is 9.69 Å². The molecule has 1 aromatic heterocycles. The lowest BCUT2D eigenvalue weighted by Gasteiger charge is -2.50. The van der Waals surface area contributed by atoms with Crippen molar-refractivity contribution in [2.24, 2.45) is 11.8 Å². The third-order valence-corrected chi connectivity index (χ3v) is 7.52. The van der Waals surface area contributed by atoms with Crippen LogP contribution in [0.15, 0.2) is 80.8 Å². The predicted octanol–water partition coefficient (Wildman–Crippen LogP) is 5.72. The number of ketones is 1. The molecule has 1 aliphatic carbocycles. The SMILES string of the molecule is CC(C)(F)[C@H](C1=C(F)C(C#N)=CC(=O)C1)C1CN([C@@H](c2ccc(Cl)cc2)c2cccc(-c3n[nH]c(=O)o3)c2)C1. The normalized spacial score (nSPS) is 18.4. The van der Waals surface area contributed by atoms with Crippen LogP contribution in [-0.2, 0) is 4.79 Å². The molecule has 200 valence electrons. The number of nitrogens with one attached hydrogen (secondary N) is 1. The van der Waals surface area contributed by atoms with Crippen LogP contribution in [0.3, 0.4) is 0 Å². The number of alkyl halides is 1. The van der Waals surface area contributed by atoms with E-state index >= 15 is 8.78 Å². The highest BCUT2D eigenvalue weighted by Crippen LogP contribution is 2.47. The second-order valence-corrected chi connectivity index (χ2v) is 10.8. The average molecular weight is 551 g/mol. The number of nitrogens with zero attached hydrogens (tertiary/aromatic N) is 3. The monoisotopic (exact) mass is 550 g/mol. The summed E-state index contributed by atoms with van der Waals surface area (Å²) in [5.74, 6) is -2.89. The van der Waals surface area contributed by atoms with E-state index in [2.05, 4.69) is 15.1 Å². The van der Waals surface area contributed by atoms with Crippen LogP contribution in [0, 0.1) is 23.2 Å². The number of nitriles is 1. The van der Waals surface area contributed by atoms with E-state index in [0.29, 0.717) is 23.7 Å². The molecule has 3 aromatic rings. The van der Waals surface area contributed by atoms with Gasteiger partial charge < -0.3 is 4.42 Å². The fourth-order valence-corrected chi connectivity index (χ4v) is 5.85. The predicted molar refractivity (Wildman–Crippen MR) is 141 cm³/mol. The Morgan fingerprint density at radius 3 is 2.51 bits per heavy atom. The topological polar surface area (TPSA) is 103 Å². The van der Waals surface area contributed by atoms with Gasteiger partial charge in [0.2, 0.25) is 5.89 Å². The molecular formula is C29H25ClF2N4O3. The molecule has 10 heteroatoms. The lowest BCUT2D eigenvalue weighted by Crippen LogP contribution is -2.55. The number of hydrogen-bond donors (Lipinski definition) is 1. The number of carbonyl (C=O) groups is 1. The van der Waals surface area contributed by atoms with Crippen LogP contribution in [0.4, 0.5) is 8.78 Å². The molecule has 1 saturated heterocycles. The Morgan fingerprint density at radius 1 is 1.18 bits per heavy atom. The maximum absolute atomic E-state index is 15.6. The highest BCUT2D eigenvalue weighted by atomic mass is 35.5. The summed E-state index contributed by atoms with van der Waals surface area (Å²) in [6.45, 7) is 3.60. The molecule has 2 atom stereocenters. The zero-order valence-electron chi connectivity index (χ0n) is 21.2. The van der Waals surface area contributed by atoms with E-state index in [-0.39, 0.29) is 35.4 Å². The molecular weight excluding hydrogens is 526 g/mol. The van der Waals surface area contributed by atoms with Gasteiger partial charge in [0.25, 0.3) is 0 Å². The van der Waals surface area contributed by atoms with Gasteiger partial charge in [-0.25, -0.2) is 18.7 Å². The van der Waals surface area contributed by atoms with Gasteiger partial charge in [0.1, 0.15) is 17.6 Å². The fourth-order valence-electron chi connectivity index (χ4n) is 5.73. The summed E-state index contributed by atoms with van der Waals surface area (Å²) in [5, 5.41) is 16.1.